The molecule has 7 rings (SSSR count). The Bertz CT molecular complexity index is 1870. The molecule has 0 amide bonds. The summed E-state index contributed by atoms with van der Waals surface area (Å²) in [7, 11) is 0. The summed E-state index contributed by atoms with van der Waals surface area (Å²) in [5.41, 5.74) is 9.35. The van der Waals surface area contributed by atoms with E-state index in [-0.39, 0.29) is 0 Å². The van der Waals surface area contributed by atoms with Crippen molar-refractivity contribution in [2.45, 2.75) is 26.9 Å². The molecule has 0 unspecified atom stereocenters. The first-order chi connectivity index (χ1) is 18.3. The maximum absolute atomic E-state index is 8.58. The van der Waals surface area contributed by atoms with Gasteiger partial charge in [-0.15, -0.1) is 0 Å². The number of benzene rings is 4. The summed E-state index contributed by atoms with van der Waals surface area (Å²) in [6.07, 6.45) is -0.420. The smallest absolute Gasteiger partial charge is 0.220 e. The van der Waals surface area contributed by atoms with Gasteiger partial charge in [-0.3, -0.25) is 8.97 Å². The molecular weight excluding hydrogens is 430 g/mol. The van der Waals surface area contributed by atoms with Gasteiger partial charge >= 0.3 is 0 Å². The first-order valence-electron chi connectivity index (χ1n) is 13.4. The molecule has 4 aromatic carbocycles. The minimum atomic E-state index is -2.35. The van der Waals surface area contributed by atoms with Gasteiger partial charge in [0.05, 0.1) is 27.9 Å². The SMILES string of the molecule is [2H]C([2H])([2H])N1c2c(ccc3nc4n(-c5ccccc5)c5ccccc5n4c23)N(c2cc(C)ccc2C)[C@H]1C. The molecule has 0 saturated carbocycles. The summed E-state index contributed by atoms with van der Waals surface area (Å²) < 4.78 is 30.0. The van der Waals surface area contributed by atoms with Crippen LogP contribution in [0.3, 0.4) is 0 Å². The second-order valence-corrected chi connectivity index (χ2v) is 9.37. The van der Waals surface area contributed by atoms with Gasteiger partial charge in [-0.1, -0.05) is 42.5 Å². The summed E-state index contributed by atoms with van der Waals surface area (Å²) in [6.45, 7) is 3.75. The number of imidazole rings is 2. The fourth-order valence-corrected chi connectivity index (χ4v) is 5.53. The summed E-state index contributed by atoms with van der Waals surface area (Å²) in [4.78, 5) is 8.80. The molecule has 0 saturated heterocycles. The summed E-state index contributed by atoms with van der Waals surface area (Å²) >= 11 is 0. The highest BCUT2D eigenvalue weighted by Gasteiger charge is 2.35. The molecule has 6 aromatic rings. The highest BCUT2D eigenvalue weighted by Crippen LogP contribution is 2.48. The van der Waals surface area contributed by atoms with E-state index in [1.165, 1.54) is 0 Å². The Balaban J connectivity index is 1.63. The van der Waals surface area contributed by atoms with E-state index in [9.17, 15) is 0 Å². The molecule has 5 heteroatoms. The van der Waals surface area contributed by atoms with E-state index in [0.29, 0.717) is 5.69 Å². The van der Waals surface area contributed by atoms with E-state index in [2.05, 4.69) is 70.2 Å². The number of nitrogens with zero attached hydrogens (tertiary/aromatic N) is 5. The van der Waals surface area contributed by atoms with E-state index >= 15 is 0 Å². The topological polar surface area (TPSA) is 28.7 Å². The van der Waals surface area contributed by atoms with Gasteiger partial charge in [0, 0.05) is 22.5 Å². The molecule has 0 fully saturated rings. The molecule has 5 nitrogen and oxygen atoms in total. The lowest BCUT2D eigenvalue weighted by Gasteiger charge is -2.29. The molecule has 172 valence electrons. The number of rotatable bonds is 2. The minimum Gasteiger partial charge on any atom is -0.351 e. The van der Waals surface area contributed by atoms with Gasteiger partial charge in [0.15, 0.2) is 0 Å². The van der Waals surface area contributed by atoms with Crippen LogP contribution in [0.25, 0.3) is 33.5 Å². The average Bonchev–Trinajstić information content (AvgIpc) is 3.51. The van der Waals surface area contributed by atoms with Crippen molar-refractivity contribution >= 4 is 44.9 Å². The van der Waals surface area contributed by atoms with Crippen LogP contribution in [0.15, 0.2) is 84.9 Å². The fourth-order valence-electron chi connectivity index (χ4n) is 5.53. The number of anilines is 3. The average molecular weight is 461 g/mol. The van der Waals surface area contributed by atoms with Gasteiger partial charge in [0.25, 0.3) is 0 Å². The molecule has 0 bridgehead atoms. The normalized spacial score (nSPS) is 17.2. The van der Waals surface area contributed by atoms with Crippen LogP contribution >= 0.6 is 0 Å². The highest BCUT2D eigenvalue weighted by atomic mass is 15.4. The third kappa shape index (κ3) is 2.66. The molecule has 0 N–H and O–H groups in total. The number of hydrogen-bond acceptors (Lipinski definition) is 3. The monoisotopic (exact) mass is 460 g/mol. The molecule has 2 aromatic heterocycles. The number of aromatic nitrogens is 3. The van der Waals surface area contributed by atoms with Crippen molar-refractivity contribution in [1.82, 2.24) is 14.0 Å². The molecule has 35 heavy (non-hydrogen) atoms. The third-order valence-corrected chi connectivity index (χ3v) is 7.20. The van der Waals surface area contributed by atoms with Crippen LogP contribution in [0.5, 0.6) is 0 Å². The Kier molecular flexibility index (Phi) is 3.51. The van der Waals surface area contributed by atoms with Crippen LogP contribution in [0.2, 0.25) is 0 Å². The van der Waals surface area contributed by atoms with Crippen molar-refractivity contribution in [2.24, 2.45) is 0 Å². The van der Waals surface area contributed by atoms with Crippen molar-refractivity contribution in [3.8, 4) is 5.69 Å². The standard InChI is InChI=1S/C30H27N5/c1-19-14-15-20(2)27(18-19)33-21(3)32(4)29-26(33)17-16-23-28(29)35-25-13-9-8-12-24(25)34(30(35)31-23)22-10-6-5-7-11-22/h5-18,21H,1-4H3/t21-/m0/s1/i4D3. The van der Waals surface area contributed by atoms with E-state index in [0.717, 1.165) is 56.0 Å². The zero-order valence-corrected chi connectivity index (χ0v) is 19.9. The molecule has 1 aliphatic heterocycles. The maximum Gasteiger partial charge on any atom is 0.220 e. The second-order valence-electron chi connectivity index (χ2n) is 9.37. The Morgan fingerprint density at radius 2 is 1.60 bits per heavy atom. The number of fused-ring (bicyclic) bond motifs is 7. The first kappa shape index (κ1) is 17.2. The predicted octanol–water partition coefficient (Wildman–Crippen LogP) is 6.98. The Morgan fingerprint density at radius 3 is 2.40 bits per heavy atom. The quantitative estimate of drug-likeness (QED) is 0.279. The van der Waals surface area contributed by atoms with E-state index < -0.39 is 13.1 Å². The largest absolute Gasteiger partial charge is 0.351 e. The van der Waals surface area contributed by atoms with E-state index in [1.807, 2.05) is 49.4 Å². The van der Waals surface area contributed by atoms with Gasteiger partial charge in [-0.25, -0.2) is 4.98 Å². The van der Waals surface area contributed by atoms with Crippen molar-refractivity contribution in [1.29, 1.82) is 0 Å². The van der Waals surface area contributed by atoms with Crippen LogP contribution in [0.1, 0.15) is 22.2 Å². The number of para-hydroxylation sites is 3. The van der Waals surface area contributed by atoms with Gasteiger partial charge in [-0.2, -0.15) is 0 Å². The highest BCUT2D eigenvalue weighted by molar-refractivity contribution is 6.05. The van der Waals surface area contributed by atoms with Gasteiger partial charge in [0.1, 0.15) is 11.7 Å². The zero-order chi connectivity index (χ0) is 26.3. The summed E-state index contributed by atoms with van der Waals surface area (Å²) in [5.74, 6) is 0.754. The van der Waals surface area contributed by atoms with Crippen LogP contribution < -0.4 is 9.80 Å². The van der Waals surface area contributed by atoms with Crippen molar-refractivity contribution in [3.05, 3.63) is 96.1 Å². The van der Waals surface area contributed by atoms with Crippen molar-refractivity contribution < 1.29 is 4.11 Å². The van der Waals surface area contributed by atoms with Crippen molar-refractivity contribution in [2.75, 3.05) is 16.8 Å². The molecule has 0 radical (unpaired) electrons. The van der Waals surface area contributed by atoms with Crippen molar-refractivity contribution in [3.63, 3.8) is 0 Å². The summed E-state index contributed by atoms with van der Waals surface area (Å²) in [5, 5.41) is 0. The van der Waals surface area contributed by atoms with Gasteiger partial charge in [0.2, 0.25) is 5.78 Å². The second kappa shape index (κ2) is 7.12. The molecule has 0 aliphatic carbocycles. The molecular formula is C30H27N5. The Labute approximate surface area is 208 Å². The van der Waals surface area contributed by atoms with Crippen LogP contribution in [0.4, 0.5) is 17.1 Å². The Morgan fingerprint density at radius 1 is 0.829 bits per heavy atom. The lowest BCUT2D eigenvalue weighted by Crippen LogP contribution is -2.36. The third-order valence-electron chi connectivity index (χ3n) is 7.20. The first-order valence-corrected chi connectivity index (χ1v) is 11.9. The number of hydrogen-bond donors (Lipinski definition) is 0. The molecule has 1 atom stereocenters. The van der Waals surface area contributed by atoms with Crippen LogP contribution in [-0.4, -0.2) is 27.1 Å². The lowest BCUT2D eigenvalue weighted by molar-refractivity contribution is 0.733. The van der Waals surface area contributed by atoms with E-state index in [4.69, 9.17) is 9.10 Å². The van der Waals surface area contributed by atoms with Crippen LogP contribution in [-0.2, 0) is 0 Å². The molecule has 0 spiro atoms. The minimum absolute atomic E-state index is 0.420. The molecule has 3 heterocycles. The van der Waals surface area contributed by atoms with Crippen LogP contribution in [0, 0.1) is 13.8 Å². The lowest BCUT2D eigenvalue weighted by atomic mass is 10.1. The maximum atomic E-state index is 8.58. The van der Waals surface area contributed by atoms with Gasteiger partial charge < -0.3 is 9.80 Å². The van der Waals surface area contributed by atoms with E-state index in [1.54, 1.807) is 4.90 Å². The zero-order valence-electron chi connectivity index (χ0n) is 22.9. The number of aryl methyl sites for hydroxylation is 2. The molecule has 1 aliphatic rings. The Hall–Kier alpha value is -4.25. The summed E-state index contributed by atoms with van der Waals surface area (Å²) in [6, 6.07) is 28.7. The van der Waals surface area contributed by atoms with Gasteiger partial charge in [-0.05, 0) is 74.4 Å². The fraction of sp³-hybridized carbons (Fsp3) is 0.167. The predicted molar refractivity (Wildman–Crippen MR) is 145 cm³/mol.